The first-order chi connectivity index (χ1) is 16.7. The first kappa shape index (κ1) is 27.5. The minimum absolute atomic E-state index is 0.200. The maximum Gasteiger partial charge on any atom is 0.414 e. The molecule has 3 aliphatic rings. The van der Waals surface area contributed by atoms with Crippen LogP contribution in [-0.4, -0.2) is 61.7 Å². The van der Waals surface area contributed by atoms with E-state index in [2.05, 4.69) is 24.4 Å². The predicted octanol–water partition coefficient (Wildman–Crippen LogP) is 5.96. The number of ether oxygens (including phenoxy) is 3. The predicted molar refractivity (Wildman–Crippen MR) is 137 cm³/mol. The van der Waals surface area contributed by atoms with Crippen molar-refractivity contribution in [1.82, 2.24) is 10.2 Å². The van der Waals surface area contributed by atoms with Crippen molar-refractivity contribution in [3.63, 3.8) is 0 Å². The number of carbonyl (C=O) groups is 1. The second-order valence-electron chi connectivity index (χ2n) is 10.7. The fourth-order valence-electron chi connectivity index (χ4n) is 4.60. The van der Waals surface area contributed by atoms with Crippen LogP contribution >= 0.6 is 0 Å². The molecule has 7 heteroatoms. The van der Waals surface area contributed by atoms with Gasteiger partial charge in [0.1, 0.15) is 18.4 Å². The number of nitrogens with one attached hydrogen (secondary N) is 1. The highest BCUT2D eigenvalue weighted by molar-refractivity contribution is 5.70. The van der Waals surface area contributed by atoms with E-state index in [4.69, 9.17) is 14.2 Å². The van der Waals surface area contributed by atoms with Gasteiger partial charge in [0, 0.05) is 37.9 Å². The summed E-state index contributed by atoms with van der Waals surface area (Å²) >= 11 is 0. The summed E-state index contributed by atoms with van der Waals surface area (Å²) < 4.78 is 30.5. The molecule has 1 amide bonds. The lowest BCUT2D eigenvalue weighted by atomic mass is 9.83. The topological polar surface area (TPSA) is 60.0 Å². The summed E-state index contributed by atoms with van der Waals surface area (Å²) in [5, 5.41) is 3.79. The first-order valence-electron chi connectivity index (χ1n) is 13.0. The Balaban J connectivity index is 1.54. The Kier molecular flexibility index (Phi) is 9.99. The normalized spacial score (nSPS) is 23.3. The zero-order chi connectivity index (χ0) is 25.4. The smallest absolute Gasteiger partial charge is 0.414 e. The van der Waals surface area contributed by atoms with E-state index in [1.54, 1.807) is 11.9 Å². The minimum atomic E-state index is -0.556. The van der Waals surface area contributed by atoms with Gasteiger partial charge in [0.25, 0.3) is 0 Å². The largest absolute Gasteiger partial charge is 0.490 e. The van der Waals surface area contributed by atoms with Crippen LogP contribution in [0.1, 0.15) is 72.6 Å². The molecule has 35 heavy (non-hydrogen) atoms. The summed E-state index contributed by atoms with van der Waals surface area (Å²) in [6.07, 6.45) is 14.0. The molecule has 0 aromatic carbocycles. The SMILES string of the molecule is CCCCOCC(CF)OC1=CC=C2CCC(C3=CC=C(N(C)C(=O)OC(C)(C)C)CC3)NC2C1. The van der Waals surface area contributed by atoms with Crippen molar-refractivity contribution in [2.45, 2.75) is 96.4 Å². The molecule has 3 atom stereocenters. The number of halogens is 1. The van der Waals surface area contributed by atoms with E-state index < -0.39 is 18.4 Å². The average molecular weight is 491 g/mol. The fourth-order valence-corrected chi connectivity index (χ4v) is 4.60. The van der Waals surface area contributed by atoms with Gasteiger partial charge in [-0.1, -0.05) is 36.6 Å². The Hall–Kier alpha value is -2.12. The second-order valence-corrected chi connectivity index (χ2v) is 10.7. The number of fused-ring (bicyclic) bond motifs is 1. The van der Waals surface area contributed by atoms with E-state index in [0.29, 0.717) is 6.61 Å². The summed E-state index contributed by atoms with van der Waals surface area (Å²) in [7, 11) is 1.77. The molecule has 1 fully saturated rings. The lowest BCUT2D eigenvalue weighted by Gasteiger charge is -2.38. The number of nitrogens with zero attached hydrogens (tertiary/aromatic N) is 1. The molecule has 0 saturated carbocycles. The van der Waals surface area contributed by atoms with Crippen molar-refractivity contribution in [3.05, 3.63) is 46.9 Å². The number of alkyl halides is 1. The molecule has 3 unspecified atom stereocenters. The Morgan fingerprint density at radius 1 is 1.14 bits per heavy atom. The Morgan fingerprint density at radius 2 is 1.89 bits per heavy atom. The van der Waals surface area contributed by atoms with Crippen LogP contribution in [-0.2, 0) is 14.2 Å². The van der Waals surface area contributed by atoms with Gasteiger partial charge in [0.2, 0.25) is 0 Å². The fraction of sp³-hybridized carbons (Fsp3) is 0.679. The molecule has 3 rings (SSSR count). The Morgan fingerprint density at radius 3 is 2.54 bits per heavy atom. The van der Waals surface area contributed by atoms with Crippen molar-refractivity contribution >= 4 is 6.09 Å². The zero-order valence-electron chi connectivity index (χ0n) is 22.1. The van der Waals surface area contributed by atoms with Crippen molar-refractivity contribution in [2.75, 3.05) is 26.9 Å². The van der Waals surface area contributed by atoms with Gasteiger partial charge in [-0.05, 0) is 65.0 Å². The number of hydrogen-bond donors (Lipinski definition) is 1. The highest BCUT2D eigenvalue weighted by Crippen LogP contribution is 2.33. The maximum atomic E-state index is 13.5. The molecule has 1 N–H and O–H groups in total. The Bertz CT molecular complexity index is 856. The van der Waals surface area contributed by atoms with Crippen molar-refractivity contribution in [3.8, 4) is 0 Å². The number of piperidine rings is 1. The van der Waals surface area contributed by atoms with Crippen LogP contribution in [0.5, 0.6) is 0 Å². The van der Waals surface area contributed by atoms with Gasteiger partial charge in [-0.3, -0.25) is 4.90 Å². The van der Waals surface area contributed by atoms with Crippen molar-refractivity contribution < 1.29 is 23.4 Å². The van der Waals surface area contributed by atoms with Gasteiger partial charge in [-0.15, -0.1) is 0 Å². The molecular weight excluding hydrogens is 447 g/mol. The summed E-state index contributed by atoms with van der Waals surface area (Å²) in [6, 6.07) is 0.487. The van der Waals surface area contributed by atoms with E-state index in [1.165, 1.54) is 11.1 Å². The van der Waals surface area contributed by atoms with Crippen molar-refractivity contribution in [1.29, 1.82) is 0 Å². The lowest BCUT2D eigenvalue weighted by molar-refractivity contribution is -0.00108. The third-order valence-corrected chi connectivity index (χ3v) is 6.60. The molecule has 0 spiro atoms. The maximum absolute atomic E-state index is 13.5. The molecule has 1 heterocycles. The molecule has 0 radical (unpaired) electrons. The average Bonchev–Trinajstić information content (AvgIpc) is 2.84. The van der Waals surface area contributed by atoms with Crippen LogP contribution in [0, 0.1) is 0 Å². The highest BCUT2D eigenvalue weighted by Gasteiger charge is 2.31. The van der Waals surface area contributed by atoms with Gasteiger partial charge < -0.3 is 19.5 Å². The summed E-state index contributed by atoms with van der Waals surface area (Å²) in [5.41, 5.74) is 3.19. The van der Waals surface area contributed by atoms with E-state index in [-0.39, 0.29) is 24.8 Å². The van der Waals surface area contributed by atoms with Crippen LogP contribution < -0.4 is 5.32 Å². The quantitative estimate of drug-likeness (QED) is 0.383. The monoisotopic (exact) mass is 490 g/mol. The zero-order valence-corrected chi connectivity index (χ0v) is 22.1. The van der Waals surface area contributed by atoms with Crippen LogP contribution in [0.25, 0.3) is 0 Å². The number of hydrogen-bond acceptors (Lipinski definition) is 5. The number of amides is 1. The number of carbonyl (C=O) groups excluding carboxylic acids is 1. The molecule has 196 valence electrons. The molecular formula is C28H43FN2O4. The number of allylic oxidation sites excluding steroid dienone is 5. The molecule has 1 saturated heterocycles. The lowest BCUT2D eigenvalue weighted by Crippen LogP contribution is -2.46. The number of unbranched alkanes of at least 4 members (excludes halogenated alkanes) is 1. The standard InChI is InChI=1S/C28H43FN2O4/c1-6-7-16-33-19-24(18-29)34-23-14-10-21-11-15-25(30-26(21)17-23)20-8-12-22(13-9-20)31(5)27(32)35-28(2,3)4/h8,10,12,14,24-26,30H,6-7,9,11,13,15-19H2,1-5H3. The van der Waals surface area contributed by atoms with Gasteiger partial charge in [0.15, 0.2) is 0 Å². The first-order valence-corrected chi connectivity index (χ1v) is 13.0. The van der Waals surface area contributed by atoms with E-state index >= 15 is 0 Å². The molecule has 0 aromatic rings. The van der Waals surface area contributed by atoms with Crippen LogP contribution in [0.3, 0.4) is 0 Å². The summed E-state index contributed by atoms with van der Waals surface area (Å²) in [4.78, 5) is 14.0. The molecule has 0 bridgehead atoms. The van der Waals surface area contributed by atoms with Gasteiger partial charge in [-0.25, -0.2) is 9.18 Å². The Labute approximate surface area is 210 Å². The van der Waals surface area contributed by atoms with Crippen molar-refractivity contribution in [2.24, 2.45) is 0 Å². The van der Waals surface area contributed by atoms with Crippen LogP contribution in [0.2, 0.25) is 0 Å². The third kappa shape index (κ3) is 8.21. The van der Waals surface area contributed by atoms with Gasteiger partial charge in [0.05, 0.1) is 12.4 Å². The number of rotatable bonds is 10. The van der Waals surface area contributed by atoms with Gasteiger partial charge in [-0.2, -0.15) is 0 Å². The third-order valence-electron chi connectivity index (χ3n) is 6.60. The second kappa shape index (κ2) is 12.7. The molecule has 2 aliphatic carbocycles. The van der Waals surface area contributed by atoms with Crippen LogP contribution in [0.4, 0.5) is 9.18 Å². The van der Waals surface area contributed by atoms with E-state index in [1.807, 2.05) is 32.9 Å². The molecule has 1 aliphatic heterocycles. The molecule has 6 nitrogen and oxygen atoms in total. The van der Waals surface area contributed by atoms with E-state index in [9.17, 15) is 9.18 Å². The molecule has 0 aromatic heterocycles. The summed E-state index contributed by atoms with van der Waals surface area (Å²) in [6.45, 7) is 8.10. The van der Waals surface area contributed by atoms with E-state index in [0.717, 1.165) is 56.4 Å². The summed E-state index contributed by atoms with van der Waals surface area (Å²) in [5.74, 6) is 0.812. The highest BCUT2D eigenvalue weighted by atomic mass is 19.1. The van der Waals surface area contributed by atoms with Crippen LogP contribution in [0.15, 0.2) is 46.9 Å². The van der Waals surface area contributed by atoms with Gasteiger partial charge >= 0.3 is 6.09 Å². The minimum Gasteiger partial charge on any atom is -0.490 e.